The van der Waals surface area contributed by atoms with E-state index in [0.717, 1.165) is 5.56 Å². The van der Waals surface area contributed by atoms with E-state index >= 15 is 0 Å². The zero-order chi connectivity index (χ0) is 10.3. The first-order valence-corrected chi connectivity index (χ1v) is 4.34. The van der Waals surface area contributed by atoms with Crippen LogP contribution in [0.3, 0.4) is 0 Å². The van der Waals surface area contributed by atoms with Crippen LogP contribution in [0.4, 0.5) is 10.1 Å². The highest BCUT2D eigenvalue weighted by Crippen LogP contribution is 2.33. The van der Waals surface area contributed by atoms with Crippen molar-refractivity contribution in [3.8, 4) is 0 Å². The number of hydrogen-bond acceptors (Lipinski definition) is 2. The zero-order valence-electron chi connectivity index (χ0n) is 7.70. The van der Waals surface area contributed by atoms with Crippen LogP contribution >= 0.6 is 0 Å². The summed E-state index contributed by atoms with van der Waals surface area (Å²) in [6.45, 7) is 0. The number of carbonyl (C=O) groups is 1. The SMILES string of the molecule is CN1c2c(F)cccc2CC1C(=O)O. The van der Waals surface area contributed by atoms with E-state index in [0.29, 0.717) is 12.1 Å². The summed E-state index contributed by atoms with van der Waals surface area (Å²) in [5, 5.41) is 8.88. The molecule has 0 saturated carbocycles. The van der Waals surface area contributed by atoms with Crippen LogP contribution in [-0.4, -0.2) is 24.2 Å². The second-order valence-electron chi connectivity index (χ2n) is 3.42. The highest BCUT2D eigenvalue weighted by atomic mass is 19.1. The second-order valence-corrected chi connectivity index (χ2v) is 3.42. The van der Waals surface area contributed by atoms with Gasteiger partial charge in [0.15, 0.2) is 0 Å². The molecule has 1 atom stereocenters. The lowest BCUT2D eigenvalue weighted by atomic mass is 10.1. The van der Waals surface area contributed by atoms with Crippen molar-refractivity contribution in [1.82, 2.24) is 0 Å². The monoisotopic (exact) mass is 195 g/mol. The van der Waals surface area contributed by atoms with Crippen LogP contribution in [0.1, 0.15) is 5.56 Å². The lowest BCUT2D eigenvalue weighted by molar-refractivity contribution is -0.138. The van der Waals surface area contributed by atoms with E-state index in [-0.39, 0.29) is 5.82 Å². The summed E-state index contributed by atoms with van der Waals surface area (Å²) in [5.41, 5.74) is 1.18. The summed E-state index contributed by atoms with van der Waals surface area (Å²) in [5.74, 6) is -1.27. The molecule has 0 aliphatic carbocycles. The van der Waals surface area contributed by atoms with Crippen molar-refractivity contribution in [3.63, 3.8) is 0 Å². The number of benzene rings is 1. The molecule has 0 bridgehead atoms. The van der Waals surface area contributed by atoms with Crippen molar-refractivity contribution in [1.29, 1.82) is 0 Å². The van der Waals surface area contributed by atoms with Gasteiger partial charge in [0.2, 0.25) is 0 Å². The molecule has 3 nitrogen and oxygen atoms in total. The van der Waals surface area contributed by atoms with Crippen molar-refractivity contribution in [3.05, 3.63) is 29.6 Å². The van der Waals surface area contributed by atoms with Gasteiger partial charge in [0.1, 0.15) is 11.9 Å². The quantitative estimate of drug-likeness (QED) is 0.733. The Hall–Kier alpha value is -1.58. The maximum Gasteiger partial charge on any atom is 0.326 e. The largest absolute Gasteiger partial charge is 0.480 e. The lowest BCUT2D eigenvalue weighted by Gasteiger charge is -2.18. The van der Waals surface area contributed by atoms with Gasteiger partial charge in [0, 0.05) is 13.5 Å². The topological polar surface area (TPSA) is 40.5 Å². The number of anilines is 1. The Morgan fingerprint density at radius 1 is 1.64 bits per heavy atom. The third kappa shape index (κ3) is 1.14. The van der Waals surface area contributed by atoms with Gasteiger partial charge in [-0.25, -0.2) is 9.18 Å². The average molecular weight is 195 g/mol. The summed E-state index contributed by atoms with van der Waals surface area (Å²) >= 11 is 0. The third-order valence-corrected chi connectivity index (χ3v) is 2.59. The average Bonchev–Trinajstić information content (AvgIpc) is 2.45. The minimum absolute atomic E-state index is 0.353. The van der Waals surface area contributed by atoms with Gasteiger partial charge in [0.25, 0.3) is 0 Å². The van der Waals surface area contributed by atoms with Gasteiger partial charge >= 0.3 is 5.97 Å². The van der Waals surface area contributed by atoms with Crippen molar-refractivity contribution in [2.75, 3.05) is 11.9 Å². The molecule has 1 heterocycles. The molecule has 14 heavy (non-hydrogen) atoms. The number of halogens is 1. The summed E-state index contributed by atoms with van der Waals surface area (Å²) in [6, 6.07) is 4.07. The van der Waals surface area contributed by atoms with E-state index in [1.165, 1.54) is 11.0 Å². The second kappa shape index (κ2) is 2.97. The van der Waals surface area contributed by atoms with Crippen LogP contribution in [0.2, 0.25) is 0 Å². The fourth-order valence-corrected chi connectivity index (χ4v) is 1.87. The van der Waals surface area contributed by atoms with Crippen molar-refractivity contribution in [2.45, 2.75) is 12.5 Å². The molecule has 1 N–H and O–H groups in total. The maximum atomic E-state index is 13.3. The van der Waals surface area contributed by atoms with Crippen LogP contribution in [0.5, 0.6) is 0 Å². The molecule has 1 aliphatic rings. The number of nitrogens with zero attached hydrogens (tertiary/aromatic N) is 1. The Morgan fingerprint density at radius 3 is 2.93 bits per heavy atom. The molecule has 4 heteroatoms. The summed E-state index contributed by atoms with van der Waals surface area (Å²) < 4.78 is 13.3. The van der Waals surface area contributed by atoms with E-state index < -0.39 is 12.0 Å². The standard InChI is InChI=1S/C10H10FNO2/c1-12-8(10(13)14)5-6-3-2-4-7(11)9(6)12/h2-4,8H,5H2,1H3,(H,13,14). The minimum atomic E-state index is -0.914. The van der Waals surface area contributed by atoms with Gasteiger partial charge in [-0.1, -0.05) is 12.1 Å². The molecule has 1 aromatic carbocycles. The number of rotatable bonds is 1. The highest BCUT2D eigenvalue weighted by Gasteiger charge is 2.33. The first-order chi connectivity index (χ1) is 6.61. The smallest absolute Gasteiger partial charge is 0.326 e. The molecule has 0 spiro atoms. The predicted molar refractivity (Wildman–Crippen MR) is 49.9 cm³/mol. The third-order valence-electron chi connectivity index (χ3n) is 2.59. The molecule has 2 rings (SSSR count). The molecule has 0 aromatic heterocycles. The Morgan fingerprint density at radius 2 is 2.36 bits per heavy atom. The number of carboxylic acids is 1. The van der Waals surface area contributed by atoms with Crippen LogP contribution in [-0.2, 0) is 11.2 Å². The molecule has 0 radical (unpaired) electrons. The van der Waals surface area contributed by atoms with Crippen LogP contribution in [0.15, 0.2) is 18.2 Å². The predicted octanol–water partition coefficient (Wildman–Crippen LogP) is 1.27. The number of likely N-dealkylation sites (N-methyl/N-ethyl adjacent to an activating group) is 1. The number of hydrogen-bond donors (Lipinski definition) is 1. The van der Waals surface area contributed by atoms with Gasteiger partial charge in [-0.3, -0.25) is 0 Å². The molecule has 1 unspecified atom stereocenters. The molecule has 74 valence electrons. The van der Waals surface area contributed by atoms with Crippen molar-refractivity contribution in [2.24, 2.45) is 0 Å². The first-order valence-electron chi connectivity index (χ1n) is 4.34. The normalized spacial score (nSPS) is 19.6. The molecule has 1 aliphatic heterocycles. The van der Waals surface area contributed by atoms with Gasteiger partial charge in [-0.05, 0) is 11.6 Å². The lowest BCUT2D eigenvalue weighted by Crippen LogP contribution is -2.35. The van der Waals surface area contributed by atoms with E-state index in [2.05, 4.69) is 0 Å². The van der Waals surface area contributed by atoms with Crippen LogP contribution in [0.25, 0.3) is 0 Å². The molecule has 1 aromatic rings. The molecule has 0 fully saturated rings. The van der Waals surface area contributed by atoms with Crippen LogP contribution < -0.4 is 4.90 Å². The van der Waals surface area contributed by atoms with E-state index in [4.69, 9.17) is 5.11 Å². The summed E-state index contributed by atoms with van der Waals surface area (Å²) in [6.07, 6.45) is 0.374. The maximum absolute atomic E-state index is 13.3. The minimum Gasteiger partial charge on any atom is -0.480 e. The fraction of sp³-hybridized carbons (Fsp3) is 0.300. The van der Waals surface area contributed by atoms with Crippen molar-refractivity contribution < 1.29 is 14.3 Å². The Labute approximate surface area is 80.8 Å². The molecular weight excluding hydrogens is 185 g/mol. The molecule has 0 saturated heterocycles. The first kappa shape index (κ1) is 8.99. The van der Waals surface area contributed by atoms with Gasteiger partial charge in [-0.2, -0.15) is 0 Å². The van der Waals surface area contributed by atoms with E-state index in [1.807, 2.05) is 0 Å². The number of aliphatic carboxylic acids is 1. The Balaban J connectivity index is 2.46. The number of carboxylic acid groups (broad SMARTS) is 1. The molecular formula is C10H10FNO2. The van der Waals surface area contributed by atoms with Gasteiger partial charge < -0.3 is 10.0 Å². The Kier molecular flexibility index (Phi) is 1.91. The Bertz CT molecular complexity index is 392. The van der Waals surface area contributed by atoms with Crippen LogP contribution in [0, 0.1) is 5.82 Å². The van der Waals surface area contributed by atoms with Crippen molar-refractivity contribution >= 4 is 11.7 Å². The fourth-order valence-electron chi connectivity index (χ4n) is 1.87. The summed E-state index contributed by atoms with van der Waals surface area (Å²) in [7, 11) is 1.60. The zero-order valence-corrected chi connectivity index (χ0v) is 7.70. The summed E-state index contributed by atoms with van der Waals surface area (Å²) in [4.78, 5) is 12.3. The highest BCUT2D eigenvalue weighted by molar-refractivity contribution is 5.82. The van der Waals surface area contributed by atoms with Gasteiger partial charge in [0.05, 0.1) is 5.69 Å². The molecule has 0 amide bonds. The van der Waals surface area contributed by atoms with E-state index in [1.54, 1.807) is 19.2 Å². The van der Waals surface area contributed by atoms with Gasteiger partial charge in [-0.15, -0.1) is 0 Å². The van der Waals surface area contributed by atoms with E-state index in [9.17, 15) is 9.18 Å². The number of fused-ring (bicyclic) bond motifs is 1. The number of para-hydroxylation sites is 1.